The van der Waals surface area contributed by atoms with Crippen LogP contribution in [-0.4, -0.2) is 25.5 Å². The third-order valence-corrected chi connectivity index (χ3v) is 3.94. The van der Waals surface area contributed by atoms with Crippen LogP contribution in [0, 0.1) is 0 Å². The molecule has 1 aromatic rings. The highest BCUT2D eigenvalue weighted by molar-refractivity contribution is 6.03. The van der Waals surface area contributed by atoms with Crippen LogP contribution in [0.3, 0.4) is 0 Å². The van der Waals surface area contributed by atoms with Gasteiger partial charge < -0.3 is 15.5 Å². The molecule has 4 heteroatoms. The number of benzene rings is 1. The summed E-state index contributed by atoms with van der Waals surface area (Å²) in [6.07, 6.45) is 1.10. The summed E-state index contributed by atoms with van der Waals surface area (Å²) in [7, 11) is 2.09. The fourth-order valence-corrected chi connectivity index (χ4v) is 2.40. The van der Waals surface area contributed by atoms with Crippen LogP contribution in [-0.2, 0) is 4.79 Å². The molecule has 1 aliphatic rings. The fourth-order valence-electron chi connectivity index (χ4n) is 2.40. The molecule has 0 spiro atoms. The van der Waals surface area contributed by atoms with Crippen molar-refractivity contribution >= 4 is 17.3 Å². The summed E-state index contributed by atoms with van der Waals surface area (Å²) in [5.74, 6) is 0.0418. The van der Waals surface area contributed by atoms with E-state index >= 15 is 0 Å². The molecule has 1 amide bonds. The van der Waals surface area contributed by atoms with Crippen molar-refractivity contribution in [2.24, 2.45) is 0 Å². The SMILES string of the molecule is CCNC1C(=O)Nc2cc(N(C)C(C)CC)ccc21. The maximum absolute atomic E-state index is 11.9. The quantitative estimate of drug-likeness (QED) is 0.856. The lowest BCUT2D eigenvalue weighted by Gasteiger charge is -2.26. The first-order valence-electron chi connectivity index (χ1n) is 6.99. The standard InChI is InChI=1S/C15H23N3O/c1-5-10(3)18(4)11-7-8-12-13(9-11)17-15(19)14(12)16-6-2/h7-10,14,16H,5-6H2,1-4H3,(H,17,19). The molecule has 0 saturated heterocycles. The summed E-state index contributed by atoms with van der Waals surface area (Å²) >= 11 is 0. The molecule has 0 saturated carbocycles. The summed E-state index contributed by atoms with van der Waals surface area (Å²) in [4.78, 5) is 14.1. The van der Waals surface area contributed by atoms with E-state index in [2.05, 4.69) is 54.6 Å². The minimum Gasteiger partial charge on any atom is -0.372 e. The van der Waals surface area contributed by atoms with Crippen molar-refractivity contribution in [1.29, 1.82) is 0 Å². The minimum atomic E-state index is -0.206. The second-order valence-corrected chi connectivity index (χ2v) is 5.12. The fraction of sp³-hybridized carbons (Fsp3) is 0.533. The third-order valence-electron chi connectivity index (χ3n) is 3.94. The smallest absolute Gasteiger partial charge is 0.246 e. The third kappa shape index (κ3) is 2.59. The molecular formula is C15H23N3O. The van der Waals surface area contributed by atoms with Gasteiger partial charge >= 0.3 is 0 Å². The van der Waals surface area contributed by atoms with E-state index in [1.165, 1.54) is 0 Å². The van der Waals surface area contributed by atoms with Gasteiger partial charge in [0.2, 0.25) is 5.91 Å². The summed E-state index contributed by atoms with van der Waals surface area (Å²) in [5, 5.41) is 6.16. The van der Waals surface area contributed by atoms with Gasteiger partial charge in [-0.25, -0.2) is 0 Å². The monoisotopic (exact) mass is 261 g/mol. The number of nitrogens with one attached hydrogen (secondary N) is 2. The van der Waals surface area contributed by atoms with E-state index in [9.17, 15) is 4.79 Å². The molecule has 0 fully saturated rings. The number of nitrogens with zero attached hydrogens (tertiary/aromatic N) is 1. The number of likely N-dealkylation sites (N-methyl/N-ethyl adjacent to an activating group) is 1. The largest absolute Gasteiger partial charge is 0.372 e. The van der Waals surface area contributed by atoms with Crippen LogP contribution in [0.15, 0.2) is 18.2 Å². The lowest BCUT2D eigenvalue weighted by molar-refractivity contribution is -0.117. The van der Waals surface area contributed by atoms with Gasteiger partial charge in [0, 0.05) is 30.0 Å². The molecular weight excluding hydrogens is 238 g/mol. The first kappa shape index (κ1) is 13.9. The first-order valence-corrected chi connectivity index (χ1v) is 6.99. The van der Waals surface area contributed by atoms with Gasteiger partial charge in [-0.3, -0.25) is 4.79 Å². The highest BCUT2D eigenvalue weighted by Crippen LogP contribution is 2.34. The zero-order valence-corrected chi connectivity index (χ0v) is 12.2. The van der Waals surface area contributed by atoms with Crippen molar-refractivity contribution in [1.82, 2.24) is 5.32 Å². The van der Waals surface area contributed by atoms with E-state index in [-0.39, 0.29) is 11.9 Å². The van der Waals surface area contributed by atoms with E-state index in [1.54, 1.807) is 0 Å². The van der Waals surface area contributed by atoms with E-state index in [4.69, 9.17) is 0 Å². The Morgan fingerprint density at radius 2 is 2.16 bits per heavy atom. The minimum absolute atomic E-state index is 0.0418. The highest BCUT2D eigenvalue weighted by atomic mass is 16.2. The number of fused-ring (bicyclic) bond motifs is 1. The molecule has 2 rings (SSSR count). The summed E-state index contributed by atoms with van der Waals surface area (Å²) < 4.78 is 0. The van der Waals surface area contributed by atoms with Crippen LogP contribution in [0.4, 0.5) is 11.4 Å². The van der Waals surface area contributed by atoms with Crippen LogP contribution in [0.2, 0.25) is 0 Å². The molecule has 2 N–H and O–H groups in total. The molecule has 1 aromatic carbocycles. The van der Waals surface area contributed by atoms with Crippen molar-refractivity contribution in [2.75, 3.05) is 23.8 Å². The number of hydrogen-bond acceptors (Lipinski definition) is 3. The van der Waals surface area contributed by atoms with E-state index in [0.717, 1.165) is 29.9 Å². The van der Waals surface area contributed by atoms with E-state index in [1.807, 2.05) is 6.92 Å². The van der Waals surface area contributed by atoms with Gasteiger partial charge in [0.05, 0.1) is 0 Å². The Balaban J connectivity index is 2.27. The summed E-state index contributed by atoms with van der Waals surface area (Å²) in [6.45, 7) is 7.17. The zero-order chi connectivity index (χ0) is 14.0. The zero-order valence-electron chi connectivity index (χ0n) is 12.2. The Morgan fingerprint density at radius 3 is 2.79 bits per heavy atom. The molecule has 0 aliphatic carbocycles. The lowest BCUT2D eigenvalue weighted by Crippen LogP contribution is -2.28. The van der Waals surface area contributed by atoms with Gasteiger partial charge in [-0.2, -0.15) is 0 Å². The van der Waals surface area contributed by atoms with Crippen molar-refractivity contribution < 1.29 is 4.79 Å². The number of carbonyl (C=O) groups is 1. The molecule has 19 heavy (non-hydrogen) atoms. The normalized spacial score (nSPS) is 18.9. The molecule has 0 radical (unpaired) electrons. The predicted molar refractivity (Wildman–Crippen MR) is 79.6 cm³/mol. The first-order chi connectivity index (χ1) is 9.08. The van der Waals surface area contributed by atoms with Gasteiger partial charge in [0.25, 0.3) is 0 Å². The Labute approximate surface area is 115 Å². The van der Waals surface area contributed by atoms with Gasteiger partial charge in [0.15, 0.2) is 0 Å². The van der Waals surface area contributed by atoms with Crippen molar-refractivity contribution in [3.8, 4) is 0 Å². The molecule has 104 valence electrons. The van der Waals surface area contributed by atoms with Gasteiger partial charge in [-0.1, -0.05) is 19.9 Å². The Hall–Kier alpha value is -1.55. The van der Waals surface area contributed by atoms with Crippen LogP contribution in [0.5, 0.6) is 0 Å². The maximum Gasteiger partial charge on any atom is 0.246 e. The van der Waals surface area contributed by atoms with Crippen molar-refractivity contribution in [3.63, 3.8) is 0 Å². The Morgan fingerprint density at radius 1 is 1.42 bits per heavy atom. The number of hydrogen-bond donors (Lipinski definition) is 2. The molecule has 4 nitrogen and oxygen atoms in total. The van der Waals surface area contributed by atoms with Crippen LogP contribution < -0.4 is 15.5 Å². The van der Waals surface area contributed by atoms with Crippen molar-refractivity contribution in [3.05, 3.63) is 23.8 Å². The van der Waals surface area contributed by atoms with E-state index in [0.29, 0.717) is 6.04 Å². The van der Waals surface area contributed by atoms with Gasteiger partial charge in [0.1, 0.15) is 6.04 Å². The Kier molecular flexibility index (Phi) is 4.10. The topological polar surface area (TPSA) is 44.4 Å². The van der Waals surface area contributed by atoms with Gasteiger partial charge in [-0.05, 0) is 32.0 Å². The Bertz CT molecular complexity index is 472. The molecule has 0 aromatic heterocycles. The number of rotatable bonds is 5. The number of amides is 1. The van der Waals surface area contributed by atoms with Crippen LogP contribution in [0.1, 0.15) is 38.8 Å². The predicted octanol–water partition coefficient (Wildman–Crippen LogP) is 2.52. The average molecular weight is 261 g/mol. The lowest BCUT2D eigenvalue weighted by atomic mass is 10.1. The highest BCUT2D eigenvalue weighted by Gasteiger charge is 2.30. The number of anilines is 2. The second kappa shape index (κ2) is 5.61. The number of carbonyl (C=O) groups excluding carboxylic acids is 1. The molecule has 1 heterocycles. The summed E-state index contributed by atoms with van der Waals surface area (Å²) in [5.41, 5.74) is 3.13. The van der Waals surface area contributed by atoms with Crippen LogP contribution >= 0.6 is 0 Å². The maximum atomic E-state index is 11.9. The van der Waals surface area contributed by atoms with Crippen LogP contribution in [0.25, 0.3) is 0 Å². The molecule has 1 aliphatic heterocycles. The average Bonchev–Trinajstić information content (AvgIpc) is 2.73. The molecule has 2 unspecified atom stereocenters. The molecule has 2 atom stereocenters. The molecule has 0 bridgehead atoms. The second-order valence-electron chi connectivity index (χ2n) is 5.12. The van der Waals surface area contributed by atoms with Crippen molar-refractivity contribution in [2.45, 2.75) is 39.3 Å². The summed E-state index contributed by atoms with van der Waals surface area (Å²) in [6, 6.07) is 6.49. The van der Waals surface area contributed by atoms with Gasteiger partial charge in [-0.15, -0.1) is 0 Å². The van der Waals surface area contributed by atoms with E-state index < -0.39 is 0 Å².